The highest BCUT2D eigenvalue weighted by molar-refractivity contribution is 7.43. The van der Waals surface area contributed by atoms with Crippen LogP contribution in [-0.4, -0.2) is 39.5 Å². The molecule has 2 aromatic rings. The molecule has 1 saturated carbocycles. The first-order chi connectivity index (χ1) is 16.6. The summed E-state index contributed by atoms with van der Waals surface area (Å²) in [6.07, 6.45) is 4.01. The first kappa shape index (κ1) is 27.1. The van der Waals surface area contributed by atoms with Gasteiger partial charge < -0.3 is 14.7 Å². The molecule has 0 saturated heterocycles. The van der Waals surface area contributed by atoms with Gasteiger partial charge in [0.1, 0.15) is 5.82 Å². The van der Waals surface area contributed by atoms with Gasteiger partial charge in [0.15, 0.2) is 0 Å². The SMILES string of the molecule is CO[PH](=O)C(C#Cc1c(-c2ccc(F)cc2)cc(C2CCCCC2)nc1C(C)C)(C(=O)O)C(C)O. The van der Waals surface area contributed by atoms with Crippen LogP contribution in [0.1, 0.15) is 81.7 Å². The normalized spacial score (nSPS) is 17.8. The van der Waals surface area contributed by atoms with Crippen molar-refractivity contribution >= 4 is 14.0 Å². The Bertz CT molecular complexity index is 1150. The van der Waals surface area contributed by atoms with Crippen LogP contribution in [0.2, 0.25) is 0 Å². The molecule has 1 aromatic carbocycles. The number of aliphatic carboxylic acids is 1. The van der Waals surface area contributed by atoms with Crippen LogP contribution in [0, 0.1) is 17.7 Å². The minimum atomic E-state index is -3.28. The molecule has 0 radical (unpaired) electrons. The standard InChI is InChI=1S/C27H33FNO5P/c1-17(2)25-22(14-15-27(18(3)30,26(31)32)35(33)34-4)23(19-10-12-21(28)13-11-19)16-24(29-25)20-8-6-5-7-9-20/h10-13,16-18,20,30,35H,5-9H2,1-4H3,(H,31,32). The lowest BCUT2D eigenvalue weighted by Gasteiger charge is -2.26. The first-order valence-electron chi connectivity index (χ1n) is 12.0. The molecule has 0 amide bonds. The van der Waals surface area contributed by atoms with E-state index in [1.54, 1.807) is 12.1 Å². The number of rotatable bonds is 7. The van der Waals surface area contributed by atoms with Gasteiger partial charge >= 0.3 is 5.97 Å². The Morgan fingerprint density at radius 3 is 2.34 bits per heavy atom. The average molecular weight is 502 g/mol. The minimum absolute atomic E-state index is 0.0488. The number of carbonyl (C=O) groups is 1. The highest BCUT2D eigenvalue weighted by Gasteiger charge is 2.48. The highest BCUT2D eigenvalue weighted by atomic mass is 31.1. The maximum atomic E-state index is 13.7. The van der Waals surface area contributed by atoms with Crippen molar-refractivity contribution in [3.05, 3.63) is 53.1 Å². The van der Waals surface area contributed by atoms with Crippen molar-refractivity contribution in [2.24, 2.45) is 0 Å². The first-order valence-corrected chi connectivity index (χ1v) is 13.3. The summed E-state index contributed by atoms with van der Waals surface area (Å²) in [5.74, 6) is 3.90. The summed E-state index contributed by atoms with van der Waals surface area (Å²) in [5, 5.41) is 18.0. The van der Waals surface area contributed by atoms with Gasteiger partial charge in [0.25, 0.3) is 0 Å². The molecule has 1 heterocycles. The number of pyridine rings is 1. The number of nitrogens with zero attached hydrogens (tertiary/aromatic N) is 1. The summed E-state index contributed by atoms with van der Waals surface area (Å²) in [5.41, 5.74) is 3.53. The van der Waals surface area contributed by atoms with E-state index in [4.69, 9.17) is 9.51 Å². The summed E-state index contributed by atoms with van der Waals surface area (Å²) in [4.78, 5) is 17.1. The second-order valence-electron chi connectivity index (χ2n) is 9.38. The van der Waals surface area contributed by atoms with E-state index in [2.05, 4.69) is 11.8 Å². The third kappa shape index (κ3) is 5.67. The molecule has 3 unspecified atom stereocenters. The molecule has 0 aliphatic heterocycles. The van der Waals surface area contributed by atoms with Crippen LogP contribution in [0.5, 0.6) is 0 Å². The van der Waals surface area contributed by atoms with Gasteiger partial charge in [-0.1, -0.05) is 57.1 Å². The highest BCUT2D eigenvalue weighted by Crippen LogP contribution is 2.43. The van der Waals surface area contributed by atoms with E-state index in [1.807, 2.05) is 19.9 Å². The number of carboxylic acid groups (broad SMARTS) is 1. The van der Waals surface area contributed by atoms with Crippen molar-refractivity contribution in [1.82, 2.24) is 4.98 Å². The Hall–Kier alpha value is -2.52. The largest absolute Gasteiger partial charge is 0.480 e. The van der Waals surface area contributed by atoms with E-state index in [9.17, 15) is 24.0 Å². The van der Waals surface area contributed by atoms with Crippen LogP contribution in [0.4, 0.5) is 4.39 Å². The fourth-order valence-electron chi connectivity index (χ4n) is 4.57. The molecule has 6 nitrogen and oxygen atoms in total. The average Bonchev–Trinajstić information content (AvgIpc) is 2.84. The van der Waals surface area contributed by atoms with Crippen molar-refractivity contribution in [2.45, 2.75) is 76.0 Å². The van der Waals surface area contributed by atoms with Crippen LogP contribution in [-0.2, 0) is 13.9 Å². The van der Waals surface area contributed by atoms with Gasteiger partial charge in [-0.2, -0.15) is 0 Å². The predicted molar refractivity (Wildman–Crippen MR) is 134 cm³/mol. The minimum Gasteiger partial charge on any atom is -0.480 e. The maximum Gasteiger partial charge on any atom is 0.334 e. The molecule has 3 atom stereocenters. The smallest absolute Gasteiger partial charge is 0.334 e. The van der Waals surface area contributed by atoms with Gasteiger partial charge in [-0.3, -0.25) is 9.55 Å². The molecule has 2 N–H and O–H groups in total. The zero-order chi connectivity index (χ0) is 25.8. The van der Waals surface area contributed by atoms with E-state index in [0.717, 1.165) is 44.1 Å². The van der Waals surface area contributed by atoms with E-state index < -0.39 is 25.3 Å². The third-order valence-corrected chi connectivity index (χ3v) is 8.42. The van der Waals surface area contributed by atoms with Gasteiger partial charge in [-0.05, 0) is 49.4 Å². The van der Waals surface area contributed by atoms with Gasteiger partial charge in [0.05, 0.1) is 17.4 Å². The zero-order valence-electron chi connectivity index (χ0n) is 20.6. The van der Waals surface area contributed by atoms with Crippen LogP contribution < -0.4 is 0 Å². The van der Waals surface area contributed by atoms with Crippen molar-refractivity contribution in [3.8, 4) is 23.0 Å². The third-order valence-electron chi connectivity index (χ3n) is 6.65. The summed E-state index contributed by atoms with van der Waals surface area (Å²) in [6.45, 7) is 5.19. The lowest BCUT2D eigenvalue weighted by Crippen LogP contribution is -2.44. The second-order valence-corrected chi connectivity index (χ2v) is 11.2. The van der Waals surface area contributed by atoms with Crippen LogP contribution in [0.25, 0.3) is 11.1 Å². The molecular formula is C27H33FNO5P. The maximum absolute atomic E-state index is 13.7. The fourth-order valence-corrected chi connectivity index (χ4v) is 5.57. The molecule has 1 fully saturated rings. The molecule has 188 valence electrons. The Kier molecular flexibility index (Phi) is 8.88. The van der Waals surface area contributed by atoms with Gasteiger partial charge in [0.2, 0.25) is 13.2 Å². The monoisotopic (exact) mass is 501 g/mol. The molecule has 0 bridgehead atoms. The number of benzene rings is 1. The molecule has 1 aliphatic rings. The van der Waals surface area contributed by atoms with Crippen LogP contribution >= 0.6 is 8.03 Å². The Morgan fingerprint density at radius 2 is 1.83 bits per heavy atom. The zero-order valence-corrected chi connectivity index (χ0v) is 21.6. The van der Waals surface area contributed by atoms with E-state index >= 15 is 0 Å². The van der Waals surface area contributed by atoms with Gasteiger partial charge in [-0.15, -0.1) is 0 Å². The number of hydrogen-bond donors (Lipinski definition) is 2. The second kappa shape index (κ2) is 11.5. The molecular weight excluding hydrogens is 468 g/mol. The van der Waals surface area contributed by atoms with Crippen LogP contribution in [0.3, 0.4) is 0 Å². The lowest BCUT2D eigenvalue weighted by atomic mass is 9.84. The molecule has 0 spiro atoms. The molecule has 1 aliphatic carbocycles. The fraction of sp³-hybridized carbons (Fsp3) is 0.481. The summed E-state index contributed by atoms with van der Waals surface area (Å²) >= 11 is 0. The van der Waals surface area contributed by atoms with Crippen LogP contribution in [0.15, 0.2) is 30.3 Å². The Balaban J connectivity index is 2.31. The lowest BCUT2D eigenvalue weighted by molar-refractivity contribution is -0.141. The molecule has 8 heteroatoms. The quantitative estimate of drug-likeness (QED) is 0.371. The number of halogens is 1. The van der Waals surface area contributed by atoms with Crippen molar-refractivity contribution in [1.29, 1.82) is 0 Å². The van der Waals surface area contributed by atoms with Crippen molar-refractivity contribution < 1.29 is 28.5 Å². The Labute approximate surface area is 206 Å². The summed E-state index contributed by atoms with van der Waals surface area (Å²) < 4.78 is 31.3. The number of aliphatic hydroxyl groups is 1. The topological polar surface area (TPSA) is 96.7 Å². The predicted octanol–water partition coefficient (Wildman–Crippen LogP) is 5.74. The van der Waals surface area contributed by atoms with E-state index in [0.29, 0.717) is 22.7 Å². The van der Waals surface area contributed by atoms with Crippen molar-refractivity contribution in [3.63, 3.8) is 0 Å². The Morgan fingerprint density at radius 1 is 1.20 bits per heavy atom. The van der Waals surface area contributed by atoms with Crippen molar-refractivity contribution in [2.75, 3.05) is 7.11 Å². The molecule has 35 heavy (non-hydrogen) atoms. The molecule has 3 rings (SSSR count). The summed E-state index contributed by atoms with van der Waals surface area (Å²) in [7, 11) is -2.15. The number of aromatic nitrogens is 1. The summed E-state index contributed by atoms with van der Waals surface area (Å²) in [6, 6.07) is 8.00. The van der Waals surface area contributed by atoms with Gasteiger partial charge in [0, 0.05) is 24.3 Å². The van der Waals surface area contributed by atoms with Gasteiger partial charge in [-0.25, -0.2) is 9.18 Å². The number of hydrogen-bond acceptors (Lipinski definition) is 5. The molecule has 1 aromatic heterocycles. The van der Waals surface area contributed by atoms with E-state index in [-0.39, 0.29) is 11.7 Å². The number of aliphatic hydroxyl groups excluding tert-OH is 1. The number of carboxylic acids is 1. The van der Waals surface area contributed by atoms with E-state index in [1.165, 1.54) is 25.5 Å².